The number of hydrogen-bond donors (Lipinski definition) is 2. The van der Waals surface area contributed by atoms with E-state index in [9.17, 15) is 9.59 Å². The molecule has 0 radical (unpaired) electrons. The predicted molar refractivity (Wildman–Crippen MR) is 104 cm³/mol. The quantitative estimate of drug-likeness (QED) is 0.684. The number of hydrazine groups is 1. The Labute approximate surface area is 158 Å². The van der Waals surface area contributed by atoms with Gasteiger partial charge in [-0.2, -0.15) is 5.10 Å². The second-order valence-electron chi connectivity index (χ2n) is 6.64. The van der Waals surface area contributed by atoms with E-state index in [0.29, 0.717) is 17.7 Å². The van der Waals surface area contributed by atoms with Gasteiger partial charge in [0, 0.05) is 18.2 Å². The highest BCUT2D eigenvalue weighted by atomic mass is 16.2. The lowest BCUT2D eigenvalue weighted by Gasteiger charge is -2.08. The maximum absolute atomic E-state index is 12.7. The van der Waals surface area contributed by atoms with Gasteiger partial charge in [-0.15, -0.1) is 0 Å². The van der Waals surface area contributed by atoms with Crippen LogP contribution in [0.5, 0.6) is 0 Å². The Kier molecular flexibility index (Phi) is 5.66. The summed E-state index contributed by atoms with van der Waals surface area (Å²) in [5.74, 6) is -0.425. The van der Waals surface area contributed by atoms with Crippen LogP contribution in [0.3, 0.4) is 0 Å². The van der Waals surface area contributed by atoms with Crippen LogP contribution in [0.2, 0.25) is 0 Å². The fourth-order valence-corrected chi connectivity index (χ4v) is 2.68. The van der Waals surface area contributed by atoms with Crippen molar-refractivity contribution in [1.82, 2.24) is 20.6 Å². The molecular formula is C21H22N4O2. The molecule has 0 aliphatic rings. The van der Waals surface area contributed by atoms with Crippen molar-refractivity contribution in [3.8, 4) is 16.9 Å². The molecule has 2 amide bonds. The molecule has 27 heavy (non-hydrogen) atoms. The molecule has 2 aromatic carbocycles. The van der Waals surface area contributed by atoms with Gasteiger partial charge in [-0.05, 0) is 18.1 Å². The molecule has 1 aromatic heterocycles. The van der Waals surface area contributed by atoms with Crippen LogP contribution in [-0.4, -0.2) is 21.6 Å². The maximum atomic E-state index is 12.7. The van der Waals surface area contributed by atoms with Gasteiger partial charge in [-0.25, -0.2) is 4.68 Å². The molecule has 0 spiro atoms. The zero-order chi connectivity index (χ0) is 19.2. The molecule has 0 saturated heterocycles. The number of rotatable bonds is 5. The third-order valence-electron chi connectivity index (χ3n) is 3.94. The van der Waals surface area contributed by atoms with E-state index >= 15 is 0 Å². The van der Waals surface area contributed by atoms with E-state index in [1.54, 1.807) is 10.9 Å². The number of hydrogen-bond acceptors (Lipinski definition) is 3. The summed E-state index contributed by atoms with van der Waals surface area (Å²) in [6.45, 7) is 3.89. The minimum Gasteiger partial charge on any atom is -0.273 e. The summed E-state index contributed by atoms with van der Waals surface area (Å²) in [6, 6.07) is 19.0. The van der Waals surface area contributed by atoms with Gasteiger partial charge < -0.3 is 0 Å². The van der Waals surface area contributed by atoms with Crippen LogP contribution in [0, 0.1) is 5.92 Å². The van der Waals surface area contributed by atoms with Crippen molar-refractivity contribution in [3.63, 3.8) is 0 Å². The van der Waals surface area contributed by atoms with E-state index in [-0.39, 0.29) is 11.8 Å². The average molecular weight is 362 g/mol. The first-order valence-corrected chi connectivity index (χ1v) is 8.84. The fourth-order valence-electron chi connectivity index (χ4n) is 2.68. The molecule has 0 aliphatic carbocycles. The van der Waals surface area contributed by atoms with Crippen LogP contribution in [0.1, 0.15) is 30.6 Å². The highest BCUT2D eigenvalue weighted by molar-refractivity contribution is 6.00. The standard InChI is InChI=1S/C21H22N4O2/c1-15(2)13-19(26)22-23-21(27)18-14-25(17-11-7-4-8-12-17)24-20(18)16-9-5-3-6-10-16/h3-12,14-15H,13H2,1-2H3,(H,22,26)(H,23,27). The molecule has 3 aromatic rings. The van der Waals surface area contributed by atoms with Crippen LogP contribution in [0.25, 0.3) is 16.9 Å². The number of benzene rings is 2. The highest BCUT2D eigenvalue weighted by Gasteiger charge is 2.19. The molecule has 0 atom stereocenters. The van der Waals surface area contributed by atoms with E-state index < -0.39 is 5.91 Å². The molecule has 6 nitrogen and oxygen atoms in total. The Bertz CT molecular complexity index is 918. The van der Waals surface area contributed by atoms with Crippen LogP contribution in [-0.2, 0) is 4.79 Å². The first kappa shape index (κ1) is 18.4. The number of nitrogens with zero attached hydrogens (tertiary/aromatic N) is 2. The highest BCUT2D eigenvalue weighted by Crippen LogP contribution is 2.23. The molecule has 0 fully saturated rings. The third-order valence-corrected chi connectivity index (χ3v) is 3.94. The second kappa shape index (κ2) is 8.31. The van der Waals surface area contributed by atoms with Crippen LogP contribution < -0.4 is 10.9 Å². The zero-order valence-electron chi connectivity index (χ0n) is 15.3. The summed E-state index contributed by atoms with van der Waals surface area (Å²) < 4.78 is 1.66. The Morgan fingerprint density at radius 3 is 2.22 bits per heavy atom. The van der Waals surface area contributed by atoms with E-state index in [1.165, 1.54) is 0 Å². The summed E-state index contributed by atoms with van der Waals surface area (Å²) in [5.41, 5.74) is 7.56. The summed E-state index contributed by atoms with van der Waals surface area (Å²) in [4.78, 5) is 24.5. The summed E-state index contributed by atoms with van der Waals surface area (Å²) >= 11 is 0. The molecule has 6 heteroatoms. The number of aromatic nitrogens is 2. The number of amides is 2. The van der Waals surface area contributed by atoms with Crippen molar-refractivity contribution in [3.05, 3.63) is 72.4 Å². The van der Waals surface area contributed by atoms with Gasteiger partial charge in [0.25, 0.3) is 5.91 Å². The molecule has 0 bridgehead atoms. The second-order valence-corrected chi connectivity index (χ2v) is 6.64. The van der Waals surface area contributed by atoms with E-state index in [0.717, 1.165) is 11.3 Å². The normalized spacial score (nSPS) is 10.6. The lowest BCUT2D eigenvalue weighted by molar-refractivity contribution is -0.122. The van der Waals surface area contributed by atoms with Crippen molar-refractivity contribution < 1.29 is 9.59 Å². The summed E-state index contributed by atoms with van der Waals surface area (Å²) in [6.07, 6.45) is 2.01. The van der Waals surface area contributed by atoms with Gasteiger partial charge in [-0.1, -0.05) is 62.4 Å². The molecule has 1 heterocycles. The summed E-state index contributed by atoms with van der Waals surface area (Å²) in [7, 11) is 0. The Morgan fingerprint density at radius 1 is 0.963 bits per heavy atom. The van der Waals surface area contributed by atoms with E-state index in [2.05, 4.69) is 16.0 Å². The molecule has 2 N–H and O–H groups in total. The van der Waals surface area contributed by atoms with Crippen molar-refractivity contribution in [2.24, 2.45) is 5.92 Å². The minimum atomic E-state index is -0.409. The topological polar surface area (TPSA) is 76.0 Å². The predicted octanol–water partition coefficient (Wildman–Crippen LogP) is 3.35. The summed E-state index contributed by atoms with van der Waals surface area (Å²) in [5, 5.41) is 4.59. The van der Waals surface area contributed by atoms with Crippen LogP contribution in [0.4, 0.5) is 0 Å². The molecular weight excluding hydrogens is 340 g/mol. The van der Waals surface area contributed by atoms with Crippen molar-refractivity contribution in [2.75, 3.05) is 0 Å². The molecule has 3 rings (SSSR count). The number of nitrogens with one attached hydrogen (secondary N) is 2. The maximum Gasteiger partial charge on any atom is 0.273 e. The lowest BCUT2D eigenvalue weighted by atomic mass is 10.1. The van der Waals surface area contributed by atoms with Crippen LogP contribution >= 0.6 is 0 Å². The van der Waals surface area contributed by atoms with Gasteiger partial charge in [0.1, 0.15) is 5.69 Å². The van der Waals surface area contributed by atoms with Gasteiger partial charge in [-0.3, -0.25) is 20.4 Å². The molecule has 0 saturated carbocycles. The lowest BCUT2D eigenvalue weighted by Crippen LogP contribution is -2.42. The monoisotopic (exact) mass is 362 g/mol. The van der Waals surface area contributed by atoms with Crippen molar-refractivity contribution in [1.29, 1.82) is 0 Å². The number of carbonyl (C=O) groups excluding carboxylic acids is 2. The van der Waals surface area contributed by atoms with Gasteiger partial charge in [0.05, 0.1) is 11.3 Å². The van der Waals surface area contributed by atoms with Gasteiger partial charge in [0.2, 0.25) is 5.91 Å². The van der Waals surface area contributed by atoms with E-state index in [1.807, 2.05) is 74.5 Å². The van der Waals surface area contributed by atoms with Crippen molar-refractivity contribution >= 4 is 11.8 Å². The largest absolute Gasteiger partial charge is 0.273 e. The third kappa shape index (κ3) is 4.61. The first-order valence-electron chi connectivity index (χ1n) is 8.84. The SMILES string of the molecule is CC(C)CC(=O)NNC(=O)c1cn(-c2ccccc2)nc1-c1ccccc1. The minimum absolute atomic E-state index is 0.211. The molecule has 0 unspecified atom stereocenters. The Balaban J connectivity index is 1.89. The Morgan fingerprint density at radius 2 is 1.59 bits per heavy atom. The fraction of sp³-hybridized carbons (Fsp3) is 0.190. The van der Waals surface area contributed by atoms with Crippen LogP contribution in [0.15, 0.2) is 66.9 Å². The van der Waals surface area contributed by atoms with Crippen molar-refractivity contribution in [2.45, 2.75) is 20.3 Å². The zero-order valence-corrected chi connectivity index (χ0v) is 15.3. The average Bonchev–Trinajstić information content (AvgIpc) is 3.12. The number of para-hydroxylation sites is 1. The van der Waals surface area contributed by atoms with Gasteiger partial charge >= 0.3 is 0 Å². The van der Waals surface area contributed by atoms with Gasteiger partial charge in [0.15, 0.2) is 0 Å². The number of carbonyl (C=O) groups is 2. The Hall–Kier alpha value is -3.41. The smallest absolute Gasteiger partial charge is 0.273 e. The molecule has 138 valence electrons. The first-order chi connectivity index (χ1) is 13.0. The van der Waals surface area contributed by atoms with E-state index in [4.69, 9.17) is 0 Å². The molecule has 0 aliphatic heterocycles.